The number of nitrogens with one attached hydrogen (secondary N) is 1. The molecule has 0 radical (unpaired) electrons. The highest BCUT2D eigenvalue weighted by molar-refractivity contribution is 5.85. The molecule has 3 rings (SSSR count). The Morgan fingerprint density at radius 3 is 2.10 bits per heavy atom. The van der Waals surface area contributed by atoms with Crippen molar-refractivity contribution < 1.29 is 13.2 Å². The summed E-state index contributed by atoms with van der Waals surface area (Å²) in [5, 5.41) is 3.28. The van der Waals surface area contributed by atoms with Gasteiger partial charge in [-0.3, -0.25) is 4.90 Å². The zero-order valence-corrected chi connectivity index (χ0v) is 12.6. The highest BCUT2D eigenvalue weighted by Crippen LogP contribution is 2.42. The maximum atomic E-state index is 13.5. The molecule has 2 nitrogen and oxygen atoms in total. The van der Waals surface area contributed by atoms with Gasteiger partial charge in [0, 0.05) is 32.2 Å². The largest absolute Gasteiger partial charge is 0.314 e. The zero-order chi connectivity index (χ0) is 14.1. The number of benzene rings is 1. The van der Waals surface area contributed by atoms with E-state index < -0.39 is 17.5 Å². The molecule has 1 atom stereocenters. The maximum Gasteiger partial charge on any atom is 0.194 e. The van der Waals surface area contributed by atoms with Crippen LogP contribution in [0.3, 0.4) is 0 Å². The Balaban J connectivity index is 0.00000161. The van der Waals surface area contributed by atoms with E-state index in [1.54, 1.807) is 0 Å². The van der Waals surface area contributed by atoms with Crippen molar-refractivity contribution in [3.63, 3.8) is 0 Å². The quantitative estimate of drug-likeness (QED) is 0.860. The van der Waals surface area contributed by atoms with Crippen LogP contribution in [0.4, 0.5) is 13.2 Å². The first-order chi connectivity index (χ1) is 9.66. The minimum Gasteiger partial charge on any atom is -0.314 e. The molecule has 1 saturated carbocycles. The van der Waals surface area contributed by atoms with Crippen molar-refractivity contribution in [2.75, 3.05) is 26.2 Å². The van der Waals surface area contributed by atoms with Gasteiger partial charge in [0.1, 0.15) is 0 Å². The zero-order valence-electron chi connectivity index (χ0n) is 11.7. The summed E-state index contributed by atoms with van der Waals surface area (Å²) in [5.41, 5.74) is 0.577. The Morgan fingerprint density at radius 2 is 1.62 bits per heavy atom. The van der Waals surface area contributed by atoms with Gasteiger partial charge in [-0.2, -0.15) is 0 Å². The van der Waals surface area contributed by atoms with E-state index in [9.17, 15) is 13.2 Å². The van der Waals surface area contributed by atoms with Crippen molar-refractivity contribution in [1.82, 2.24) is 10.2 Å². The summed E-state index contributed by atoms with van der Waals surface area (Å²) < 4.78 is 40.2. The second-order valence-electron chi connectivity index (χ2n) is 5.72. The van der Waals surface area contributed by atoms with Gasteiger partial charge in [-0.25, -0.2) is 13.2 Å². The third-order valence-corrected chi connectivity index (χ3v) is 4.49. The number of hydrogen-bond donors (Lipinski definition) is 1. The predicted octanol–water partition coefficient (Wildman–Crippen LogP) is 3.27. The van der Waals surface area contributed by atoms with E-state index in [4.69, 9.17) is 0 Å². The van der Waals surface area contributed by atoms with Crippen LogP contribution in [-0.4, -0.2) is 31.1 Å². The van der Waals surface area contributed by atoms with Crippen molar-refractivity contribution in [1.29, 1.82) is 0 Å². The maximum absolute atomic E-state index is 13.5. The van der Waals surface area contributed by atoms with Crippen molar-refractivity contribution in [2.24, 2.45) is 5.92 Å². The van der Waals surface area contributed by atoms with Gasteiger partial charge < -0.3 is 5.32 Å². The normalized spacial score (nSPS) is 21.5. The molecule has 0 bridgehead atoms. The minimum atomic E-state index is -1.37. The van der Waals surface area contributed by atoms with E-state index in [1.807, 2.05) is 0 Å². The topological polar surface area (TPSA) is 15.3 Å². The first-order valence-corrected chi connectivity index (χ1v) is 7.26. The SMILES string of the molecule is Cl.Fc1cc([C@H](C2CCC2)N2CCNCC2)cc(F)c1F. The monoisotopic (exact) mass is 320 g/mol. The molecule has 1 N–H and O–H groups in total. The molecule has 1 saturated heterocycles. The van der Waals surface area contributed by atoms with E-state index >= 15 is 0 Å². The summed E-state index contributed by atoms with van der Waals surface area (Å²) in [6.07, 6.45) is 3.32. The number of halogens is 4. The van der Waals surface area contributed by atoms with E-state index in [2.05, 4.69) is 10.2 Å². The Kier molecular flexibility index (Phi) is 5.52. The summed E-state index contributed by atoms with van der Waals surface area (Å²) >= 11 is 0. The fourth-order valence-electron chi connectivity index (χ4n) is 3.24. The number of rotatable bonds is 3. The standard InChI is InChI=1S/C15H19F3N2.ClH/c16-12-8-11(9-13(17)14(12)18)15(10-2-1-3-10)20-6-4-19-5-7-20;/h8-10,15,19H,1-7H2;1H/t15-;/m0./s1. The summed E-state index contributed by atoms with van der Waals surface area (Å²) in [5.74, 6) is -3.11. The first kappa shape index (κ1) is 16.6. The third kappa shape index (κ3) is 3.35. The summed E-state index contributed by atoms with van der Waals surface area (Å²) in [7, 11) is 0. The Morgan fingerprint density at radius 1 is 1.05 bits per heavy atom. The highest BCUT2D eigenvalue weighted by Gasteiger charge is 2.34. The Bertz CT molecular complexity index is 465. The van der Waals surface area contributed by atoms with Gasteiger partial charge in [0.15, 0.2) is 17.5 Å². The van der Waals surface area contributed by atoms with Crippen LogP contribution in [0.5, 0.6) is 0 Å². The van der Waals surface area contributed by atoms with Crippen molar-refractivity contribution in [3.05, 3.63) is 35.1 Å². The average molecular weight is 321 g/mol. The lowest BCUT2D eigenvalue weighted by molar-refractivity contribution is 0.0831. The lowest BCUT2D eigenvalue weighted by Gasteiger charge is -2.43. The molecule has 1 heterocycles. The van der Waals surface area contributed by atoms with E-state index in [1.165, 1.54) is 18.6 Å². The lowest BCUT2D eigenvalue weighted by atomic mass is 9.76. The van der Waals surface area contributed by atoms with Crippen LogP contribution in [-0.2, 0) is 0 Å². The fraction of sp³-hybridized carbons (Fsp3) is 0.600. The highest BCUT2D eigenvalue weighted by atomic mass is 35.5. The van der Waals surface area contributed by atoms with Crippen LogP contribution < -0.4 is 5.32 Å². The Labute approximate surface area is 129 Å². The van der Waals surface area contributed by atoms with E-state index in [-0.39, 0.29) is 18.4 Å². The van der Waals surface area contributed by atoms with Crippen molar-refractivity contribution in [2.45, 2.75) is 25.3 Å². The molecule has 1 aliphatic carbocycles. The molecule has 1 aliphatic heterocycles. The van der Waals surface area contributed by atoms with Crippen molar-refractivity contribution >= 4 is 12.4 Å². The molecule has 21 heavy (non-hydrogen) atoms. The molecule has 2 aliphatic rings. The van der Waals surface area contributed by atoms with Crippen molar-refractivity contribution in [3.8, 4) is 0 Å². The van der Waals surface area contributed by atoms with Crippen LogP contribution in [0.1, 0.15) is 30.9 Å². The van der Waals surface area contributed by atoms with E-state index in [0.717, 1.165) is 39.0 Å². The van der Waals surface area contributed by atoms with Crippen LogP contribution in [0.15, 0.2) is 12.1 Å². The number of nitrogens with zero attached hydrogens (tertiary/aromatic N) is 1. The van der Waals surface area contributed by atoms with Gasteiger partial charge in [0.05, 0.1) is 0 Å². The summed E-state index contributed by atoms with van der Waals surface area (Å²) in [6, 6.07) is 2.35. The van der Waals surface area contributed by atoms with Crippen LogP contribution in [0, 0.1) is 23.4 Å². The van der Waals surface area contributed by atoms with Gasteiger partial charge >= 0.3 is 0 Å². The molecule has 1 aromatic rings. The van der Waals surface area contributed by atoms with Crippen LogP contribution >= 0.6 is 12.4 Å². The minimum absolute atomic E-state index is 0. The molecular weight excluding hydrogens is 301 g/mol. The third-order valence-electron chi connectivity index (χ3n) is 4.49. The fourth-order valence-corrected chi connectivity index (χ4v) is 3.24. The molecular formula is C15H20ClF3N2. The van der Waals surface area contributed by atoms with Gasteiger partial charge in [-0.05, 0) is 36.5 Å². The van der Waals surface area contributed by atoms with Crippen LogP contribution in [0.2, 0.25) is 0 Å². The number of piperazine rings is 1. The molecule has 2 fully saturated rings. The molecule has 0 unspecified atom stereocenters. The van der Waals surface area contributed by atoms with Gasteiger partial charge in [-0.15, -0.1) is 12.4 Å². The first-order valence-electron chi connectivity index (χ1n) is 7.26. The summed E-state index contributed by atoms with van der Waals surface area (Å²) in [6.45, 7) is 3.49. The van der Waals surface area contributed by atoms with Gasteiger partial charge in [0.2, 0.25) is 0 Å². The summed E-state index contributed by atoms with van der Waals surface area (Å²) in [4.78, 5) is 2.27. The molecule has 1 aromatic carbocycles. The lowest BCUT2D eigenvalue weighted by Crippen LogP contribution is -2.47. The van der Waals surface area contributed by atoms with Crippen LogP contribution in [0.25, 0.3) is 0 Å². The second kappa shape index (κ2) is 6.99. The van der Waals surface area contributed by atoms with Gasteiger partial charge in [0.25, 0.3) is 0 Å². The Hall–Kier alpha value is -0.780. The molecule has 0 amide bonds. The van der Waals surface area contributed by atoms with E-state index in [0.29, 0.717) is 11.5 Å². The predicted molar refractivity (Wildman–Crippen MR) is 78.1 cm³/mol. The average Bonchev–Trinajstić information content (AvgIpc) is 2.40. The smallest absolute Gasteiger partial charge is 0.194 e. The molecule has 0 spiro atoms. The second-order valence-corrected chi connectivity index (χ2v) is 5.72. The molecule has 6 heteroatoms. The molecule has 0 aromatic heterocycles. The molecule has 118 valence electrons. The number of hydrogen-bond acceptors (Lipinski definition) is 2. The van der Waals surface area contributed by atoms with Gasteiger partial charge in [-0.1, -0.05) is 6.42 Å².